The normalized spacial score (nSPS) is 17.5. The summed E-state index contributed by atoms with van der Waals surface area (Å²) in [6, 6.07) is 11.1. The molecule has 37 heavy (non-hydrogen) atoms. The van der Waals surface area contributed by atoms with Gasteiger partial charge in [-0.05, 0) is 44.0 Å². The van der Waals surface area contributed by atoms with Gasteiger partial charge in [-0.25, -0.2) is 0 Å². The fourth-order valence-electron chi connectivity index (χ4n) is 4.42. The van der Waals surface area contributed by atoms with E-state index in [1.54, 1.807) is 55.5 Å². The quantitative estimate of drug-likeness (QED) is 0.359. The summed E-state index contributed by atoms with van der Waals surface area (Å²) in [5.74, 6) is -2.82. The lowest BCUT2D eigenvalue weighted by Gasteiger charge is -2.26. The molecule has 0 saturated carbocycles. The number of imide groups is 1. The lowest BCUT2D eigenvalue weighted by Crippen LogP contribution is -2.55. The summed E-state index contributed by atoms with van der Waals surface area (Å²) in [5, 5.41) is 12.3. The SMILES string of the molecule is CCOC(=O)C(CCCN1C(=O)c2ccccc2C1=O)N[C@H]1COc2ccccc2N(CC(=O)O)C1=O. The zero-order valence-corrected chi connectivity index (χ0v) is 20.2. The second kappa shape index (κ2) is 11.2. The summed E-state index contributed by atoms with van der Waals surface area (Å²) in [4.78, 5) is 65.0. The number of hydrogen-bond acceptors (Lipinski definition) is 8. The molecule has 2 aliphatic rings. The molecule has 2 aromatic rings. The van der Waals surface area contributed by atoms with Crippen LogP contribution in [0, 0.1) is 0 Å². The van der Waals surface area contributed by atoms with E-state index >= 15 is 0 Å². The molecule has 0 bridgehead atoms. The molecule has 11 heteroatoms. The van der Waals surface area contributed by atoms with Crippen molar-refractivity contribution in [2.24, 2.45) is 0 Å². The molecule has 11 nitrogen and oxygen atoms in total. The molecule has 2 heterocycles. The highest BCUT2D eigenvalue weighted by Crippen LogP contribution is 2.31. The van der Waals surface area contributed by atoms with Gasteiger partial charge in [-0.15, -0.1) is 0 Å². The van der Waals surface area contributed by atoms with Crippen LogP contribution in [-0.4, -0.2) is 78.1 Å². The van der Waals surface area contributed by atoms with Crippen molar-refractivity contribution in [2.45, 2.75) is 31.8 Å². The van der Waals surface area contributed by atoms with Crippen LogP contribution in [0.15, 0.2) is 48.5 Å². The fraction of sp³-hybridized carbons (Fsp3) is 0.346. The molecule has 0 aliphatic carbocycles. The second-order valence-corrected chi connectivity index (χ2v) is 8.57. The standard InChI is InChI=1S/C26H27N3O8/c1-2-36-26(35)18(10-7-13-28-23(32)16-8-3-4-9-17(16)24(28)33)27-19-15-37-21-12-6-5-11-20(21)29(25(19)34)14-22(30)31/h3-6,8-9,11-12,18-19,27H,2,7,10,13-15H2,1H3,(H,30,31)/t18?,19-/m0/s1. The van der Waals surface area contributed by atoms with Crippen molar-refractivity contribution in [3.8, 4) is 5.75 Å². The number of nitrogens with zero attached hydrogens (tertiary/aromatic N) is 2. The Kier molecular flexibility index (Phi) is 7.83. The largest absolute Gasteiger partial charge is 0.489 e. The van der Waals surface area contributed by atoms with Crippen LogP contribution in [0.25, 0.3) is 0 Å². The molecule has 3 amide bonds. The molecule has 0 aromatic heterocycles. The smallest absolute Gasteiger partial charge is 0.323 e. The number of carbonyl (C=O) groups is 5. The lowest BCUT2D eigenvalue weighted by molar-refractivity contribution is -0.146. The van der Waals surface area contributed by atoms with Crippen molar-refractivity contribution < 1.29 is 38.6 Å². The van der Waals surface area contributed by atoms with Gasteiger partial charge in [0, 0.05) is 6.54 Å². The maximum atomic E-state index is 13.3. The fourth-order valence-corrected chi connectivity index (χ4v) is 4.42. The molecule has 1 unspecified atom stereocenters. The van der Waals surface area contributed by atoms with E-state index in [0.29, 0.717) is 22.6 Å². The van der Waals surface area contributed by atoms with E-state index in [2.05, 4.69) is 5.32 Å². The van der Waals surface area contributed by atoms with E-state index in [1.165, 1.54) is 0 Å². The minimum atomic E-state index is -1.20. The van der Waals surface area contributed by atoms with Gasteiger partial charge in [0.05, 0.1) is 23.4 Å². The van der Waals surface area contributed by atoms with E-state index in [1.807, 2.05) is 0 Å². The molecular weight excluding hydrogens is 482 g/mol. The summed E-state index contributed by atoms with van der Waals surface area (Å²) in [7, 11) is 0. The molecule has 0 radical (unpaired) electrons. The third kappa shape index (κ3) is 5.46. The molecule has 0 saturated heterocycles. The number of anilines is 1. The highest BCUT2D eigenvalue weighted by molar-refractivity contribution is 6.21. The number of carboxylic acid groups (broad SMARTS) is 1. The Hall–Kier alpha value is -4.25. The minimum Gasteiger partial charge on any atom is -0.489 e. The van der Waals surface area contributed by atoms with Crippen molar-refractivity contribution in [3.05, 3.63) is 59.7 Å². The van der Waals surface area contributed by atoms with Crippen molar-refractivity contribution in [3.63, 3.8) is 0 Å². The van der Waals surface area contributed by atoms with E-state index in [0.717, 1.165) is 9.80 Å². The van der Waals surface area contributed by atoms with Crippen molar-refractivity contribution in [1.82, 2.24) is 10.2 Å². The Labute approximate surface area is 212 Å². The van der Waals surface area contributed by atoms with Gasteiger partial charge < -0.3 is 14.6 Å². The van der Waals surface area contributed by atoms with Gasteiger partial charge >= 0.3 is 11.9 Å². The topological polar surface area (TPSA) is 143 Å². The van der Waals surface area contributed by atoms with Crippen LogP contribution in [0.4, 0.5) is 5.69 Å². The number of benzene rings is 2. The molecule has 2 aromatic carbocycles. The molecular formula is C26H27N3O8. The number of amides is 3. The maximum Gasteiger partial charge on any atom is 0.323 e. The molecule has 194 valence electrons. The summed E-state index contributed by atoms with van der Waals surface area (Å²) >= 11 is 0. The molecule has 0 fully saturated rings. The van der Waals surface area contributed by atoms with Gasteiger partial charge in [-0.1, -0.05) is 24.3 Å². The predicted octanol–water partition coefficient (Wildman–Crippen LogP) is 1.46. The summed E-state index contributed by atoms with van der Waals surface area (Å²) in [5.41, 5.74) is 0.997. The number of nitrogens with one attached hydrogen (secondary N) is 1. The predicted molar refractivity (Wildman–Crippen MR) is 130 cm³/mol. The van der Waals surface area contributed by atoms with Gasteiger partial charge in [-0.2, -0.15) is 0 Å². The number of rotatable bonds is 10. The highest BCUT2D eigenvalue weighted by Gasteiger charge is 2.37. The number of hydrogen-bond donors (Lipinski definition) is 2. The van der Waals surface area contributed by atoms with Crippen LogP contribution >= 0.6 is 0 Å². The van der Waals surface area contributed by atoms with Gasteiger partial charge in [0.1, 0.15) is 31.0 Å². The van der Waals surface area contributed by atoms with Crippen molar-refractivity contribution in [2.75, 3.05) is 31.2 Å². The molecule has 2 atom stereocenters. The van der Waals surface area contributed by atoms with Gasteiger partial charge in [0.15, 0.2) is 0 Å². The van der Waals surface area contributed by atoms with Crippen molar-refractivity contribution in [1.29, 1.82) is 0 Å². The summed E-state index contributed by atoms with van der Waals surface area (Å²) in [6.45, 7) is 1.12. The molecule has 4 rings (SSSR count). The number of fused-ring (bicyclic) bond motifs is 2. The van der Waals surface area contributed by atoms with E-state index < -0.39 is 48.3 Å². The Morgan fingerprint density at radius 1 is 1.05 bits per heavy atom. The first-order valence-corrected chi connectivity index (χ1v) is 11.9. The molecule has 2 aliphatic heterocycles. The van der Waals surface area contributed by atoms with Crippen LogP contribution in [0.2, 0.25) is 0 Å². The van der Waals surface area contributed by atoms with Crippen LogP contribution in [0.1, 0.15) is 40.5 Å². The second-order valence-electron chi connectivity index (χ2n) is 8.57. The highest BCUT2D eigenvalue weighted by atomic mass is 16.5. The lowest BCUT2D eigenvalue weighted by atomic mass is 10.1. The molecule has 2 N–H and O–H groups in total. The first-order chi connectivity index (χ1) is 17.8. The number of para-hydroxylation sites is 2. The number of carbonyl (C=O) groups excluding carboxylic acids is 4. The van der Waals surface area contributed by atoms with E-state index in [-0.39, 0.29) is 32.6 Å². The van der Waals surface area contributed by atoms with Gasteiger partial charge in [-0.3, -0.25) is 39.1 Å². The van der Waals surface area contributed by atoms with E-state index in [9.17, 15) is 29.1 Å². The monoisotopic (exact) mass is 509 g/mol. The zero-order valence-electron chi connectivity index (χ0n) is 20.2. The number of carboxylic acids is 1. The molecule has 0 spiro atoms. The minimum absolute atomic E-state index is 0.0790. The maximum absolute atomic E-state index is 13.3. The Morgan fingerprint density at radius 2 is 1.70 bits per heavy atom. The summed E-state index contributed by atoms with van der Waals surface area (Å²) in [6.07, 6.45) is 0.421. The zero-order chi connectivity index (χ0) is 26.5. The first-order valence-electron chi connectivity index (χ1n) is 11.9. The van der Waals surface area contributed by atoms with Crippen LogP contribution in [0.3, 0.4) is 0 Å². The third-order valence-electron chi connectivity index (χ3n) is 6.15. The Balaban J connectivity index is 1.46. The van der Waals surface area contributed by atoms with Crippen LogP contribution < -0.4 is 15.0 Å². The van der Waals surface area contributed by atoms with Gasteiger partial charge in [0.25, 0.3) is 11.8 Å². The average molecular weight is 510 g/mol. The average Bonchev–Trinajstić information content (AvgIpc) is 3.05. The Morgan fingerprint density at radius 3 is 2.35 bits per heavy atom. The summed E-state index contributed by atoms with van der Waals surface area (Å²) < 4.78 is 10.9. The number of ether oxygens (including phenoxy) is 2. The third-order valence-corrected chi connectivity index (χ3v) is 6.15. The van der Waals surface area contributed by atoms with Crippen molar-refractivity contribution >= 4 is 35.3 Å². The van der Waals surface area contributed by atoms with Crippen LogP contribution in [0.5, 0.6) is 5.75 Å². The van der Waals surface area contributed by atoms with Crippen LogP contribution in [-0.2, 0) is 19.1 Å². The number of aliphatic carboxylic acids is 1. The van der Waals surface area contributed by atoms with Gasteiger partial charge in [0.2, 0.25) is 5.91 Å². The number of esters is 1. The Bertz CT molecular complexity index is 1190. The first kappa shape index (κ1) is 25.8. The van der Waals surface area contributed by atoms with E-state index in [4.69, 9.17) is 9.47 Å².